The Kier molecular flexibility index (Phi) is 5.77. The van der Waals surface area contributed by atoms with Crippen molar-refractivity contribution < 1.29 is 21.6 Å². The van der Waals surface area contributed by atoms with E-state index < -0.39 is 27.7 Å². The second kappa shape index (κ2) is 7.28. The zero-order chi connectivity index (χ0) is 18.0. The van der Waals surface area contributed by atoms with Gasteiger partial charge in [-0.15, -0.1) is 0 Å². The molecule has 0 amide bonds. The second-order valence-corrected chi connectivity index (χ2v) is 7.88. The van der Waals surface area contributed by atoms with Gasteiger partial charge in [-0.05, 0) is 31.0 Å². The molecular formula is C14H17ClF3N3O2S. The molecule has 1 aliphatic rings. The summed E-state index contributed by atoms with van der Waals surface area (Å²) in [4.78, 5) is 3.45. The maximum Gasteiger partial charge on any atom is 0.430 e. The first kappa shape index (κ1) is 19.0. The van der Waals surface area contributed by atoms with Gasteiger partial charge in [0.05, 0.1) is 11.4 Å². The smallest absolute Gasteiger partial charge is 0.397 e. The first-order valence-corrected chi connectivity index (χ1v) is 9.26. The van der Waals surface area contributed by atoms with Crippen LogP contribution in [0.15, 0.2) is 23.2 Å². The SMILES string of the molecule is Nc1ccc(Cl)cc1N=C(CS(=O)(=O)N1CCCCC1)C(F)(F)F. The molecule has 1 saturated heterocycles. The Morgan fingerprint density at radius 1 is 1.25 bits per heavy atom. The lowest BCUT2D eigenvalue weighted by Crippen LogP contribution is -2.41. The van der Waals surface area contributed by atoms with Crippen molar-refractivity contribution in [2.45, 2.75) is 25.4 Å². The van der Waals surface area contributed by atoms with Crippen molar-refractivity contribution in [1.29, 1.82) is 0 Å². The summed E-state index contributed by atoms with van der Waals surface area (Å²) in [7, 11) is -4.10. The third-order valence-electron chi connectivity index (χ3n) is 3.60. The van der Waals surface area contributed by atoms with E-state index in [0.29, 0.717) is 12.8 Å². The summed E-state index contributed by atoms with van der Waals surface area (Å²) in [6.07, 6.45) is -2.75. The van der Waals surface area contributed by atoms with Gasteiger partial charge < -0.3 is 5.73 Å². The summed E-state index contributed by atoms with van der Waals surface area (Å²) >= 11 is 5.74. The van der Waals surface area contributed by atoms with Gasteiger partial charge in [0, 0.05) is 18.1 Å². The van der Waals surface area contributed by atoms with Crippen molar-refractivity contribution in [3.05, 3.63) is 23.2 Å². The molecule has 0 aromatic heterocycles. The van der Waals surface area contributed by atoms with Crippen LogP contribution in [0.4, 0.5) is 24.5 Å². The Hall–Kier alpha value is -1.32. The Morgan fingerprint density at radius 2 is 1.88 bits per heavy atom. The van der Waals surface area contributed by atoms with E-state index in [1.807, 2.05) is 0 Å². The van der Waals surface area contributed by atoms with Crippen LogP contribution in [-0.4, -0.2) is 43.5 Å². The molecule has 0 spiro atoms. The van der Waals surface area contributed by atoms with E-state index in [1.165, 1.54) is 12.1 Å². The molecule has 1 fully saturated rings. The van der Waals surface area contributed by atoms with Gasteiger partial charge in [-0.3, -0.25) is 0 Å². The summed E-state index contributed by atoms with van der Waals surface area (Å²) in [6, 6.07) is 3.89. The largest absolute Gasteiger partial charge is 0.430 e. The average Bonchev–Trinajstić information content (AvgIpc) is 2.50. The first-order chi connectivity index (χ1) is 11.1. The number of nitrogens with two attached hydrogens (primary N) is 1. The fraction of sp³-hybridized carbons (Fsp3) is 0.500. The van der Waals surface area contributed by atoms with Gasteiger partial charge in [0.25, 0.3) is 0 Å². The molecule has 5 nitrogen and oxygen atoms in total. The zero-order valence-corrected chi connectivity index (χ0v) is 14.3. The van der Waals surface area contributed by atoms with E-state index in [2.05, 4.69) is 4.99 Å². The van der Waals surface area contributed by atoms with Crippen LogP contribution in [-0.2, 0) is 10.0 Å². The molecule has 0 unspecified atom stereocenters. The molecular weight excluding hydrogens is 367 g/mol. The molecule has 1 aliphatic heterocycles. The van der Waals surface area contributed by atoms with Crippen LogP contribution in [0.1, 0.15) is 19.3 Å². The minimum Gasteiger partial charge on any atom is -0.397 e. The molecule has 2 rings (SSSR count). The number of nitrogens with zero attached hydrogens (tertiary/aromatic N) is 2. The number of aliphatic imine (C=N–C) groups is 1. The van der Waals surface area contributed by atoms with Crippen molar-refractivity contribution >= 4 is 38.7 Å². The topological polar surface area (TPSA) is 75.8 Å². The molecule has 1 aromatic carbocycles. The molecule has 10 heteroatoms. The fourth-order valence-electron chi connectivity index (χ4n) is 2.34. The van der Waals surface area contributed by atoms with E-state index in [9.17, 15) is 21.6 Å². The highest BCUT2D eigenvalue weighted by Gasteiger charge is 2.40. The van der Waals surface area contributed by atoms with Crippen LogP contribution >= 0.6 is 11.6 Å². The van der Waals surface area contributed by atoms with E-state index in [4.69, 9.17) is 17.3 Å². The number of piperidine rings is 1. The molecule has 2 N–H and O–H groups in total. The lowest BCUT2D eigenvalue weighted by Gasteiger charge is -2.26. The molecule has 1 heterocycles. The van der Waals surface area contributed by atoms with Crippen LogP contribution in [0.2, 0.25) is 5.02 Å². The highest BCUT2D eigenvalue weighted by molar-refractivity contribution is 7.89. The molecule has 0 radical (unpaired) electrons. The number of sulfonamides is 1. The van der Waals surface area contributed by atoms with Gasteiger partial charge in [0.2, 0.25) is 10.0 Å². The fourth-order valence-corrected chi connectivity index (χ4v) is 4.08. The summed E-state index contributed by atoms with van der Waals surface area (Å²) in [5.74, 6) is -1.22. The number of rotatable bonds is 4. The van der Waals surface area contributed by atoms with Gasteiger partial charge in [0.1, 0.15) is 11.5 Å². The Bertz CT molecular complexity index is 729. The van der Waals surface area contributed by atoms with Crippen LogP contribution in [0.3, 0.4) is 0 Å². The zero-order valence-electron chi connectivity index (χ0n) is 12.7. The summed E-state index contributed by atoms with van der Waals surface area (Å²) in [6.45, 7) is 0.458. The van der Waals surface area contributed by atoms with E-state index in [0.717, 1.165) is 16.8 Å². The molecule has 0 saturated carbocycles. The van der Waals surface area contributed by atoms with Crippen molar-refractivity contribution in [1.82, 2.24) is 4.31 Å². The lowest BCUT2D eigenvalue weighted by molar-refractivity contribution is -0.0590. The normalized spacial score (nSPS) is 17.9. The first-order valence-electron chi connectivity index (χ1n) is 7.27. The van der Waals surface area contributed by atoms with Crippen molar-refractivity contribution in [2.75, 3.05) is 24.6 Å². The lowest BCUT2D eigenvalue weighted by atomic mass is 10.2. The predicted octanol–water partition coefficient (Wildman–Crippen LogP) is 3.37. The third kappa shape index (κ3) is 4.84. The van der Waals surface area contributed by atoms with Crippen LogP contribution in [0, 0.1) is 0 Å². The number of anilines is 1. The van der Waals surface area contributed by atoms with Gasteiger partial charge in [-0.2, -0.15) is 13.2 Å². The minimum absolute atomic E-state index is 0.0171. The second-order valence-electron chi connectivity index (χ2n) is 5.48. The molecule has 0 atom stereocenters. The molecule has 0 bridgehead atoms. The summed E-state index contributed by atoms with van der Waals surface area (Å²) in [5, 5.41) is 0.156. The highest BCUT2D eigenvalue weighted by Crippen LogP contribution is 2.29. The van der Waals surface area contributed by atoms with Crippen LogP contribution < -0.4 is 5.73 Å². The van der Waals surface area contributed by atoms with Gasteiger partial charge >= 0.3 is 6.18 Å². The monoisotopic (exact) mass is 383 g/mol. The predicted molar refractivity (Wildman–Crippen MR) is 88.2 cm³/mol. The number of hydrogen-bond acceptors (Lipinski definition) is 4. The third-order valence-corrected chi connectivity index (χ3v) is 5.63. The summed E-state index contributed by atoms with van der Waals surface area (Å²) in [5.41, 5.74) is 3.96. The number of benzene rings is 1. The standard InChI is InChI=1S/C14H17ClF3N3O2S/c15-10-4-5-11(19)12(8-10)20-13(14(16,17)18)9-24(22,23)21-6-2-1-3-7-21/h4-5,8H,1-3,6-7,9,19H2. The van der Waals surface area contributed by atoms with Gasteiger partial charge in [0.15, 0.2) is 0 Å². The van der Waals surface area contributed by atoms with E-state index >= 15 is 0 Å². The van der Waals surface area contributed by atoms with Crippen molar-refractivity contribution in [3.8, 4) is 0 Å². The Morgan fingerprint density at radius 3 is 2.46 bits per heavy atom. The van der Waals surface area contributed by atoms with Crippen molar-refractivity contribution in [3.63, 3.8) is 0 Å². The maximum absolute atomic E-state index is 13.2. The molecule has 1 aromatic rings. The van der Waals surface area contributed by atoms with E-state index in [-0.39, 0.29) is 29.5 Å². The quantitative estimate of drug-likeness (QED) is 0.639. The summed E-state index contributed by atoms with van der Waals surface area (Å²) < 4.78 is 65.4. The molecule has 24 heavy (non-hydrogen) atoms. The van der Waals surface area contributed by atoms with Crippen LogP contribution in [0.25, 0.3) is 0 Å². The number of alkyl halides is 3. The number of halogens is 4. The van der Waals surface area contributed by atoms with Crippen LogP contribution in [0.5, 0.6) is 0 Å². The van der Waals surface area contributed by atoms with Gasteiger partial charge in [-0.25, -0.2) is 17.7 Å². The molecule has 0 aliphatic carbocycles. The minimum atomic E-state index is -4.89. The van der Waals surface area contributed by atoms with Crippen molar-refractivity contribution in [2.24, 2.45) is 4.99 Å². The highest BCUT2D eigenvalue weighted by atomic mass is 35.5. The molecule has 134 valence electrons. The number of nitrogen functional groups attached to an aromatic ring is 1. The van der Waals surface area contributed by atoms with Gasteiger partial charge in [-0.1, -0.05) is 18.0 Å². The average molecular weight is 384 g/mol. The Labute approximate surface area is 143 Å². The number of hydrogen-bond donors (Lipinski definition) is 1. The maximum atomic E-state index is 13.2. The Balaban J connectivity index is 2.35. The van der Waals surface area contributed by atoms with E-state index in [1.54, 1.807) is 0 Å².